The van der Waals surface area contributed by atoms with E-state index >= 15 is 0 Å². The van der Waals surface area contributed by atoms with Crippen molar-refractivity contribution in [3.05, 3.63) is 29.3 Å². The van der Waals surface area contributed by atoms with Gasteiger partial charge in [-0.2, -0.15) is 22.0 Å². The minimum Gasteiger partial charge on any atom is -0.462 e. The van der Waals surface area contributed by atoms with Gasteiger partial charge in [-0.25, -0.2) is 0 Å². The van der Waals surface area contributed by atoms with Crippen molar-refractivity contribution in [2.45, 2.75) is 158 Å². The molecule has 5 N–H and O–H groups in total. The van der Waals surface area contributed by atoms with Gasteiger partial charge in [-0.15, -0.1) is 0 Å². The van der Waals surface area contributed by atoms with Crippen molar-refractivity contribution < 1.29 is 61.2 Å². The molecule has 1 aliphatic heterocycles. The largest absolute Gasteiger partial charge is 0.462 e. The molecule has 0 bridgehead atoms. The molecule has 3 aliphatic carbocycles. The lowest BCUT2D eigenvalue weighted by Gasteiger charge is -2.53. The number of benzene rings is 1. The predicted octanol–water partition coefficient (Wildman–Crippen LogP) is 6.16. The zero-order valence-electron chi connectivity index (χ0n) is 30.0. The van der Waals surface area contributed by atoms with Crippen LogP contribution in [0.15, 0.2) is 18.2 Å². The standard InChI is InChI=1S/C38H57F5O8S/c1-36-17-15-27-26-12-11-25(50-35-34(48)33(47)32(46)29(22-44)51-35)21-24(26)20-23(31(27)28(36)13-14-30(36)45)10-7-5-3-2-4-6-8-18-52(49)19-9-16-37(39,40)38(41,42)43/h11-12,21,23,27-35,44-48H,2-10,13-20,22H2,1H3/t23-,27-,28+,29-,30+,31-,32-,33+,34-,35-,36+,52?/m1/s1. The average Bonchev–Trinajstić information content (AvgIpc) is 3.40. The summed E-state index contributed by atoms with van der Waals surface area (Å²) in [6, 6.07) is 5.94. The summed E-state index contributed by atoms with van der Waals surface area (Å²) in [6.07, 6.45) is -2.10. The molecule has 3 fully saturated rings. The molecular formula is C38H57F5O8S. The quantitative estimate of drug-likeness (QED) is 0.0941. The monoisotopic (exact) mass is 768 g/mol. The van der Waals surface area contributed by atoms with E-state index in [9.17, 15) is 51.7 Å². The average molecular weight is 769 g/mol. The van der Waals surface area contributed by atoms with Crippen LogP contribution in [0.5, 0.6) is 5.75 Å². The maximum absolute atomic E-state index is 13.0. The number of ether oxygens (including phenoxy) is 2. The molecule has 298 valence electrons. The van der Waals surface area contributed by atoms with Crippen LogP contribution in [0.4, 0.5) is 22.0 Å². The van der Waals surface area contributed by atoms with E-state index in [2.05, 4.69) is 13.0 Å². The Morgan fingerprint density at radius 3 is 2.25 bits per heavy atom. The van der Waals surface area contributed by atoms with Gasteiger partial charge in [0.1, 0.15) is 30.2 Å². The molecule has 14 heteroatoms. The summed E-state index contributed by atoms with van der Waals surface area (Å²) in [5.41, 5.74) is 2.40. The molecule has 0 amide bonds. The number of rotatable bonds is 17. The number of aliphatic hydroxyl groups is 5. The highest BCUT2D eigenvalue weighted by atomic mass is 32.2. The van der Waals surface area contributed by atoms with Crippen LogP contribution in [0, 0.1) is 23.2 Å². The Labute approximate surface area is 305 Å². The van der Waals surface area contributed by atoms with E-state index in [0.717, 1.165) is 77.0 Å². The van der Waals surface area contributed by atoms with Crippen molar-refractivity contribution >= 4 is 10.8 Å². The first-order valence-corrected chi connectivity index (χ1v) is 20.6. The van der Waals surface area contributed by atoms with E-state index < -0.39 is 73.1 Å². The lowest BCUT2D eigenvalue weighted by atomic mass is 9.52. The topological polar surface area (TPSA) is 137 Å². The van der Waals surface area contributed by atoms with Gasteiger partial charge >= 0.3 is 12.1 Å². The summed E-state index contributed by atoms with van der Waals surface area (Å²) in [6.45, 7) is 1.72. The Morgan fingerprint density at radius 1 is 0.885 bits per heavy atom. The number of unbranched alkanes of at least 4 members (excludes halogenated alkanes) is 6. The lowest BCUT2D eigenvalue weighted by molar-refractivity contribution is -0.284. The molecule has 1 heterocycles. The highest BCUT2D eigenvalue weighted by Gasteiger charge is 2.57. The van der Waals surface area contributed by atoms with E-state index in [0.29, 0.717) is 41.6 Å². The van der Waals surface area contributed by atoms with Crippen LogP contribution >= 0.6 is 0 Å². The molecule has 8 nitrogen and oxygen atoms in total. The van der Waals surface area contributed by atoms with E-state index in [1.54, 1.807) is 0 Å². The van der Waals surface area contributed by atoms with Crippen LogP contribution < -0.4 is 4.74 Å². The number of fused-ring (bicyclic) bond motifs is 5. The minimum absolute atomic E-state index is 0.0824. The SMILES string of the molecule is C[C@]12CC[C@@H]3c4ccc(O[C@@H]5O[C@H](CO)[C@@H](O)[C@H](O)[C@H]5O)cc4C[C@@H](CCCCCCCCCS(=O)CCCC(F)(F)C(F)(F)F)[C@H]3[C@@H]1CC[C@@H]2O. The Balaban J connectivity index is 1.11. The molecule has 1 unspecified atom stereocenters. The summed E-state index contributed by atoms with van der Waals surface area (Å²) >= 11 is 0. The van der Waals surface area contributed by atoms with Crippen molar-refractivity contribution in [2.24, 2.45) is 23.2 Å². The van der Waals surface area contributed by atoms with Gasteiger partial charge in [-0.1, -0.05) is 51.5 Å². The van der Waals surface area contributed by atoms with Gasteiger partial charge in [0.25, 0.3) is 0 Å². The highest BCUT2D eigenvalue weighted by Crippen LogP contribution is 2.63. The second kappa shape index (κ2) is 17.6. The zero-order chi connectivity index (χ0) is 37.8. The molecule has 2 saturated carbocycles. The van der Waals surface area contributed by atoms with Crippen LogP contribution in [-0.2, 0) is 22.0 Å². The van der Waals surface area contributed by atoms with Crippen molar-refractivity contribution in [2.75, 3.05) is 18.1 Å². The highest BCUT2D eigenvalue weighted by molar-refractivity contribution is 7.84. The van der Waals surface area contributed by atoms with Gasteiger partial charge < -0.3 is 35.0 Å². The third-order valence-corrected chi connectivity index (χ3v) is 14.1. The summed E-state index contributed by atoms with van der Waals surface area (Å²) in [4.78, 5) is 0. The Morgan fingerprint density at radius 2 is 1.56 bits per heavy atom. The first-order valence-electron chi connectivity index (χ1n) is 19.1. The molecule has 4 aliphatic rings. The Kier molecular flexibility index (Phi) is 14.1. The van der Waals surface area contributed by atoms with Crippen molar-refractivity contribution in [1.29, 1.82) is 0 Å². The van der Waals surface area contributed by atoms with Crippen molar-refractivity contribution in [3.63, 3.8) is 0 Å². The van der Waals surface area contributed by atoms with Crippen LogP contribution in [0.2, 0.25) is 0 Å². The number of hydrogen-bond acceptors (Lipinski definition) is 8. The second-order valence-corrected chi connectivity index (χ2v) is 17.7. The molecule has 0 radical (unpaired) electrons. The third kappa shape index (κ3) is 9.33. The third-order valence-electron chi connectivity index (χ3n) is 12.6. The van der Waals surface area contributed by atoms with Gasteiger partial charge in [0.2, 0.25) is 6.29 Å². The summed E-state index contributed by atoms with van der Waals surface area (Å²) < 4.78 is 86.7. The maximum Gasteiger partial charge on any atom is 0.453 e. The second-order valence-electron chi connectivity index (χ2n) is 16.0. The molecule has 0 spiro atoms. The van der Waals surface area contributed by atoms with E-state index in [-0.39, 0.29) is 17.3 Å². The van der Waals surface area contributed by atoms with E-state index in [1.165, 1.54) is 11.1 Å². The Hall–Kier alpha value is -1.42. The van der Waals surface area contributed by atoms with Gasteiger partial charge in [-0.05, 0) is 104 Å². The van der Waals surface area contributed by atoms with Gasteiger partial charge in [0, 0.05) is 28.7 Å². The maximum atomic E-state index is 13.0. The molecular weight excluding hydrogens is 711 g/mol. The van der Waals surface area contributed by atoms with Crippen molar-refractivity contribution in [1.82, 2.24) is 0 Å². The fourth-order valence-corrected chi connectivity index (χ4v) is 10.8. The van der Waals surface area contributed by atoms with Crippen LogP contribution in [-0.4, -0.2) is 96.8 Å². The number of aliphatic hydroxyl groups excluding tert-OH is 5. The van der Waals surface area contributed by atoms with Gasteiger partial charge in [0.15, 0.2) is 0 Å². The fraction of sp³-hybridized carbons (Fsp3) is 0.842. The molecule has 1 saturated heterocycles. The summed E-state index contributed by atoms with van der Waals surface area (Å²) in [7, 11) is -1.40. The predicted molar refractivity (Wildman–Crippen MR) is 185 cm³/mol. The molecule has 1 aromatic rings. The number of hydrogen-bond donors (Lipinski definition) is 5. The van der Waals surface area contributed by atoms with Crippen LogP contribution in [0.3, 0.4) is 0 Å². The molecule has 5 rings (SSSR count). The minimum atomic E-state index is -5.57. The smallest absolute Gasteiger partial charge is 0.453 e. The molecule has 12 atom stereocenters. The fourth-order valence-electron chi connectivity index (χ4n) is 9.65. The van der Waals surface area contributed by atoms with Crippen LogP contribution in [0.1, 0.15) is 114 Å². The summed E-state index contributed by atoms with van der Waals surface area (Å²) in [5.74, 6) is -2.42. The molecule has 52 heavy (non-hydrogen) atoms. The molecule has 1 aromatic carbocycles. The van der Waals surface area contributed by atoms with E-state index in [1.807, 2.05) is 12.1 Å². The van der Waals surface area contributed by atoms with Crippen molar-refractivity contribution in [3.8, 4) is 5.75 Å². The number of alkyl halides is 5. The molecule has 0 aromatic heterocycles. The normalized spacial score (nSPS) is 35.4. The first kappa shape index (κ1) is 41.7. The van der Waals surface area contributed by atoms with E-state index in [4.69, 9.17) is 9.47 Å². The zero-order valence-corrected chi connectivity index (χ0v) is 30.8. The Bertz CT molecular complexity index is 1330. The summed E-state index contributed by atoms with van der Waals surface area (Å²) in [5, 5.41) is 51.5. The van der Waals surface area contributed by atoms with Crippen LogP contribution in [0.25, 0.3) is 0 Å². The first-order chi connectivity index (χ1) is 24.6. The lowest BCUT2D eigenvalue weighted by Crippen LogP contribution is -2.60. The van der Waals surface area contributed by atoms with Gasteiger partial charge in [-0.3, -0.25) is 4.21 Å². The van der Waals surface area contributed by atoms with Gasteiger partial charge in [0.05, 0.1) is 12.7 Å². The number of halogens is 5.